The van der Waals surface area contributed by atoms with Gasteiger partial charge in [-0.05, 0) is 48.9 Å². The molecule has 0 fully saturated rings. The van der Waals surface area contributed by atoms with E-state index in [1.807, 2.05) is 31.2 Å². The van der Waals surface area contributed by atoms with Gasteiger partial charge in [-0.3, -0.25) is 10.1 Å². The number of unbranched alkanes of at least 4 members (excludes halogenated alkanes) is 1. The molecule has 1 N–H and O–H groups in total. The van der Waals surface area contributed by atoms with Gasteiger partial charge in [0.1, 0.15) is 5.76 Å². The van der Waals surface area contributed by atoms with Crippen molar-refractivity contribution in [2.75, 3.05) is 11.9 Å². The zero-order chi connectivity index (χ0) is 21.8. The summed E-state index contributed by atoms with van der Waals surface area (Å²) in [5, 5.41) is 3.19. The molecule has 0 unspecified atom stereocenters. The van der Waals surface area contributed by atoms with Gasteiger partial charge in [0.25, 0.3) is 5.91 Å². The van der Waals surface area contributed by atoms with Gasteiger partial charge in [0, 0.05) is 10.0 Å². The number of fused-ring (bicyclic) bond motifs is 1. The van der Waals surface area contributed by atoms with E-state index in [1.54, 1.807) is 30.3 Å². The summed E-state index contributed by atoms with van der Waals surface area (Å²) in [6.45, 7) is 2.44. The average Bonchev–Trinajstić information content (AvgIpc) is 3.40. The lowest BCUT2D eigenvalue weighted by Crippen LogP contribution is -2.10. The molecule has 0 bridgehead atoms. The van der Waals surface area contributed by atoms with Gasteiger partial charge in [0.15, 0.2) is 10.9 Å². The maximum atomic E-state index is 12.6. The van der Waals surface area contributed by atoms with Gasteiger partial charge in [-0.2, -0.15) is 0 Å². The molecule has 4 aromatic rings. The van der Waals surface area contributed by atoms with Crippen LogP contribution in [0.1, 0.15) is 40.7 Å². The molecule has 0 aliphatic carbocycles. The minimum Gasteiger partial charge on any atom is -0.462 e. The summed E-state index contributed by atoms with van der Waals surface area (Å²) in [6.07, 6.45) is 1.80. The van der Waals surface area contributed by atoms with Crippen LogP contribution in [0.25, 0.3) is 21.5 Å². The fourth-order valence-corrected chi connectivity index (χ4v) is 4.05. The fraction of sp³-hybridized carbons (Fsp3) is 0.174. The van der Waals surface area contributed by atoms with Crippen molar-refractivity contribution in [1.82, 2.24) is 4.98 Å². The molecule has 158 valence electrons. The maximum absolute atomic E-state index is 12.6. The summed E-state index contributed by atoms with van der Waals surface area (Å²) >= 11 is 4.69. The zero-order valence-corrected chi connectivity index (χ0v) is 19.1. The molecule has 0 radical (unpaired) electrons. The third-order valence-corrected chi connectivity index (χ3v) is 6.00. The summed E-state index contributed by atoms with van der Waals surface area (Å²) in [5.74, 6) is 0.0533. The molecule has 1 amide bonds. The lowest BCUT2D eigenvalue weighted by Gasteiger charge is -2.03. The van der Waals surface area contributed by atoms with Crippen LogP contribution in [0.4, 0.5) is 5.13 Å². The summed E-state index contributed by atoms with van der Waals surface area (Å²) in [7, 11) is 0. The highest BCUT2D eigenvalue weighted by atomic mass is 79.9. The highest BCUT2D eigenvalue weighted by Gasteiger charge is 2.16. The number of hydrogen-bond donors (Lipinski definition) is 1. The molecule has 0 saturated heterocycles. The van der Waals surface area contributed by atoms with Crippen LogP contribution in [-0.4, -0.2) is 23.5 Å². The van der Waals surface area contributed by atoms with Crippen molar-refractivity contribution in [3.8, 4) is 11.3 Å². The molecule has 31 heavy (non-hydrogen) atoms. The summed E-state index contributed by atoms with van der Waals surface area (Å²) in [4.78, 5) is 29.2. The Balaban J connectivity index is 1.46. The van der Waals surface area contributed by atoms with Crippen molar-refractivity contribution in [1.29, 1.82) is 0 Å². The first-order valence-electron chi connectivity index (χ1n) is 9.78. The van der Waals surface area contributed by atoms with E-state index in [2.05, 4.69) is 26.2 Å². The Labute approximate surface area is 191 Å². The lowest BCUT2D eigenvalue weighted by molar-refractivity contribution is 0.0500. The van der Waals surface area contributed by atoms with Gasteiger partial charge < -0.3 is 9.15 Å². The summed E-state index contributed by atoms with van der Waals surface area (Å²) in [5.41, 5.74) is 2.04. The Kier molecular flexibility index (Phi) is 6.48. The molecule has 8 heteroatoms. The normalized spacial score (nSPS) is 10.9. The van der Waals surface area contributed by atoms with E-state index in [0.717, 1.165) is 27.6 Å². The van der Waals surface area contributed by atoms with Gasteiger partial charge >= 0.3 is 5.97 Å². The number of anilines is 1. The number of esters is 1. The number of amides is 1. The molecule has 0 aliphatic heterocycles. The molecular formula is C23H19BrN2O4S. The van der Waals surface area contributed by atoms with E-state index >= 15 is 0 Å². The van der Waals surface area contributed by atoms with Crippen LogP contribution >= 0.6 is 27.3 Å². The predicted octanol–water partition coefficient (Wildman–Crippen LogP) is 6.53. The topological polar surface area (TPSA) is 81.4 Å². The van der Waals surface area contributed by atoms with Crippen LogP contribution in [0.5, 0.6) is 0 Å². The monoisotopic (exact) mass is 498 g/mol. The number of halogens is 1. The molecule has 6 nitrogen and oxygen atoms in total. The predicted molar refractivity (Wildman–Crippen MR) is 125 cm³/mol. The minimum absolute atomic E-state index is 0.192. The molecule has 4 rings (SSSR count). The van der Waals surface area contributed by atoms with E-state index in [1.165, 1.54) is 11.3 Å². The molecule has 0 saturated carbocycles. The zero-order valence-electron chi connectivity index (χ0n) is 16.7. The number of thiazole rings is 1. The molecule has 2 aromatic heterocycles. The largest absolute Gasteiger partial charge is 0.462 e. The molecule has 2 aromatic carbocycles. The molecule has 0 atom stereocenters. The highest BCUT2D eigenvalue weighted by molar-refractivity contribution is 9.10. The van der Waals surface area contributed by atoms with Gasteiger partial charge in [-0.15, -0.1) is 0 Å². The Bertz CT molecular complexity index is 1230. The number of nitrogens with one attached hydrogen (secondary N) is 1. The maximum Gasteiger partial charge on any atom is 0.338 e. The number of nitrogens with zero attached hydrogens (tertiary/aromatic N) is 1. The first-order valence-corrected chi connectivity index (χ1v) is 11.4. The number of furan rings is 1. The smallest absolute Gasteiger partial charge is 0.338 e. The standard InChI is InChI=1S/C23H19BrN2O4S/c1-2-3-12-29-22(28)15-6-9-17-20(13-15)31-23(25-17)26-21(27)19-11-10-18(30-19)14-4-7-16(24)8-5-14/h4-11,13H,2-3,12H2,1H3,(H,25,26,27). The van der Waals surface area contributed by atoms with Gasteiger partial charge in [0.2, 0.25) is 0 Å². The van der Waals surface area contributed by atoms with Crippen LogP contribution in [0.2, 0.25) is 0 Å². The van der Waals surface area contributed by atoms with E-state index in [0.29, 0.717) is 28.6 Å². The van der Waals surface area contributed by atoms with Gasteiger partial charge in [0.05, 0.1) is 22.4 Å². The van der Waals surface area contributed by atoms with E-state index < -0.39 is 0 Å². The van der Waals surface area contributed by atoms with Crippen LogP contribution < -0.4 is 5.32 Å². The van der Waals surface area contributed by atoms with Gasteiger partial charge in [-0.1, -0.05) is 52.7 Å². The minimum atomic E-state index is -0.387. The van der Waals surface area contributed by atoms with Crippen molar-refractivity contribution in [3.63, 3.8) is 0 Å². The molecule has 2 heterocycles. The third kappa shape index (κ3) is 5.03. The number of carbonyl (C=O) groups excluding carboxylic acids is 2. The lowest BCUT2D eigenvalue weighted by atomic mass is 10.2. The van der Waals surface area contributed by atoms with E-state index in [-0.39, 0.29) is 17.6 Å². The number of carbonyl (C=O) groups is 2. The van der Waals surface area contributed by atoms with Crippen molar-refractivity contribution < 1.29 is 18.7 Å². The van der Waals surface area contributed by atoms with Crippen LogP contribution in [0.3, 0.4) is 0 Å². The SMILES string of the molecule is CCCCOC(=O)c1ccc2nc(NC(=O)c3ccc(-c4ccc(Br)cc4)o3)sc2c1. The number of ether oxygens (including phenoxy) is 1. The Morgan fingerprint density at radius 3 is 2.71 bits per heavy atom. The van der Waals surface area contributed by atoms with Gasteiger partial charge in [-0.25, -0.2) is 9.78 Å². The van der Waals surface area contributed by atoms with Crippen molar-refractivity contribution >= 4 is 54.5 Å². The number of benzene rings is 2. The molecular weight excluding hydrogens is 480 g/mol. The second-order valence-electron chi connectivity index (χ2n) is 6.82. The molecule has 0 aliphatic rings. The number of hydrogen-bond acceptors (Lipinski definition) is 6. The quantitative estimate of drug-likeness (QED) is 0.231. The summed E-state index contributed by atoms with van der Waals surface area (Å²) in [6, 6.07) is 16.2. The van der Waals surface area contributed by atoms with Crippen LogP contribution in [-0.2, 0) is 4.74 Å². The van der Waals surface area contributed by atoms with Crippen LogP contribution in [0.15, 0.2) is 63.5 Å². The Morgan fingerprint density at radius 1 is 1.13 bits per heavy atom. The van der Waals surface area contributed by atoms with E-state index in [9.17, 15) is 9.59 Å². The Morgan fingerprint density at radius 2 is 1.94 bits per heavy atom. The second-order valence-corrected chi connectivity index (χ2v) is 8.76. The highest BCUT2D eigenvalue weighted by Crippen LogP contribution is 2.28. The fourth-order valence-electron chi connectivity index (χ4n) is 2.89. The van der Waals surface area contributed by atoms with Crippen molar-refractivity contribution in [2.45, 2.75) is 19.8 Å². The number of rotatable bonds is 7. The Hall–Kier alpha value is -2.97. The third-order valence-electron chi connectivity index (χ3n) is 4.53. The second kappa shape index (κ2) is 9.45. The van der Waals surface area contributed by atoms with Crippen LogP contribution in [0, 0.1) is 0 Å². The van der Waals surface area contributed by atoms with Crippen molar-refractivity contribution in [3.05, 3.63) is 70.4 Å². The first-order chi connectivity index (χ1) is 15.0. The average molecular weight is 499 g/mol. The summed E-state index contributed by atoms with van der Waals surface area (Å²) < 4.78 is 12.7. The van der Waals surface area contributed by atoms with E-state index in [4.69, 9.17) is 9.15 Å². The first kappa shape index (κ1) is 21.3. The van der Waals surface area contributed by atoms with Crippen molar-refractivity contribution in [2.24, 2.45) is 0 Å². The molecule has 0 spiro atoms. The number of aromatic nitrogens is 1.